The monoisotopic (exact) mass is 380 g/mol. The molecule has 0 aromatic heterocycles. The van der Waals surface area contributed by atoms with E-state index in [1.165, 1.54) is 6.26 Å². The lowest BCUT2D eigenvalue weighted by molar-refractivity contribution is 0.206. The van der Waals surface area contributed by atoms with E-state index in [0.717, 1.165) is 16.7 Å². The molecular formula is C18H21ClN2O3S. The maximum absolute atomic E-state index is 12.2. The van der Waals surface area contributed by atoms with Crippen LogP contribution in [0.1, 0.15) is 16.7 Å². The Bertz CT molecular complexity index is 836. The smallest absolute Gasteiger partial charge is 0.317 e. The number of hydrogen-bond donors (Lipinski definition) is 1. The molecule has 0 bridgehead atoms. The fourth-order valence-electron chi connectivity index (χ4n) is 2.35. The molecule has 25 heavy (non-hydrogen) atoms. The Labute approximate surface area is 153 Å². The summed E-state index contributed by atoms with van der Waals surface area (Å²) in [4.78, 5) is 13.7. The third-order valence-corrected chi connectivity index (χ3v) is 4.64. The first-order valence-electron chi connectivity index (χ1n) is 7.72. The molecule has 0 unspecified atom stereocenters. The zero-order chi connectivity index (χ0) is 18.4. The number of sulfone groups is 1. The van der Waals surface area contributed by atoms with Crippen molar-refractivity contribution >= 4 is 27.5 Å². The Morgan fingerprint density at radius 3 is 2.32 bits per heavy atom. The Hall–Kier alpha value is -2.05. The molecule has 0 spiro atoms. The number of hydrogen-bond acceptors (Lipinski definition) is 3. The second-order valence-electron chi connectivity index (χ2n) is 6.03. The number of carbonyl (C=O) groups excluding carboxylic acids is 1. The van der Waals surface area contributed by atoms with Gasteiger partial charge in [0.15, 0.2) is 9.84 Å². The molecule has 7 heteroatoms. The zero-order valence-electron chi connectivity index (χ0n) is 14.2. The standard InChI is InChI=1S/C18H21ClN2O3S/c1-21(12-16-4-3-5-17(19)10-16)18(22)20-11-14-6-8-15(9-7-14)13-25(2,23)24/h3-10H,11-13H2,1-2H3,(H,20,22). The molecule has 2 amide bonds. The molecule has 0 aliphatic heterocycles. The molecule has 134 valence electrons. The predicted octanol–water partition coefficient (Wildman–Crippen LogP) is 3.23. The van der Waals surface area contributed by atoms with Gasteiger partial charge in [-0.1, -0.05) is 48.0 Å². The second-order valence-corrected chi connectivity index (χ2v) is 8.61. The van der Waals surface area contributed by atoms with Crippen LogP contribution in [0.25, 0.3) is 0 Å². The minimum atomic E-state index is -3.05. The van der Waals surface area contributed by atoms with Crippen molar-refractivity contribution in [2.75, 3.05) is 13.3 Å². The maximum atomic E-state index is 12.2. The molecule has 0 radical (unpaired) electrons. The molecule has 0 aliphatic rings. The number of carbonyl (C=O) groups is 1. The van der Waals surface area contributed by atoms with Gasteiger partial charge in [0, 0.05) is 31.4 Å². The van der Waals surface area contributed by atoms with Crippen LogP contribution in [0, 0.1) is 0 Å². The van der Waals surface area contributed by atoms with Crippen LogP contribution in [0.2, 0.25) is 5.02 Å². The van der Waals surface area contributed by atoms with Crippen molar-refractivity contribution in [3.05, 3.63) is 70.2 Å². The summed E-state index contributed by atoms with van der Waals surface area (Å²) < 4.78 is 22.6. The SMILES string of the molecule is CN(Cc1cccc(Cl)c1)C(=O)NCc1ccc(CS(C)(=O)=O)cc1. The Balaban J connectivity index is 1.86. The van der Waals surface area contributed by atoms with Crippen LogP contribution in [-0.2, 0) is 28.7 Å². The van der Waals surface area contributed by atoms with E-state index >= 15 is 0 Å². The topological polar surface area (TPSA) is 66.5 Å². The van der Waals surface area contributed by atoms with E-state index in [-0.39, 0.29) is 11.8 Å². The Morgan fingerprint density at radius 1 is 1.08 bits per heavy atom. The van der Waals surface area contributed by atoms with E-state index in [1.54, 1.807) is 30.1 Å². The third-order valence-electron chi connectivity index (χ3n) is 3.55. The highest BCUT2D eigenvalue weighted by molar-refractivity contribution is 7.89. The highest BCUT2D eigenvalue weighted by Crippen LogP contribution is 2.12. The molecule has 0 fully saturated rings. The fraction of sp³-hybridized carbons (Fsp3) is 0.278. The molecule has 0 atom stereocenters. The van der Waals surface area contributed by atoms with E-state index < -0.39 is 9.84 Å². The van der Waals surface area contributed by atoms with Gasteiger partial charge in [-0.3, -0.25) is 0 Å². The molecule has 2 aromatic rings. The first kappa shape index (κ1) is 19.3. The lowest BCUT2D eigenvalue weighted by Gasteiger charge is -2.18. The van der Waals surface area contributed by atoms with Gasteiger partial charge in [0.2, 0.25) is 0 Å². The number of halogens is 1. The van der Waals surface area contributed by atoms with Crippen molar-refractivity contribution in [2.45, 2.75) is 18.8 Å². The van der Waals surface area contributed by atoms with Crippen LogP contribution in [0.15, 0.2) is 48.5 Å². The van der Waals surface area contributed by atoms with Crippen LogP contribution in [0.4, 0.5) is 4.79 Å². The number of rotatable bonds is 6. The third kappa shape index (κ3) is 6.76. The van der Waals surface area contributed by atoms with E-state index in [4.69, 9.17) is 11.6 Å². The van der Waals surface area contributed by atoms with Crippen molar-refractivity contribution in [2.24, 2.45) is 0 Å². The number of nitrogens with one attached hydrogen (secondary N) is 1. The largest absolute Gasteiger partial charge is 0.334 e. The summed E-state index contributed by atoms with van der Waals surface area (Å²) in [6.45, 7) is 0.831. The van der Waals surface area contributed by atoms with Gasteiger partial charge in [-0.15, -0.1) is 0 Å². The Morgan fingerprint density at radius 2 is 1.72 bits per heavy atom. The van der Waals surface area contributed by atoms with E-state index in [1.807, 2.05) is 30.3 Å². The van der Waals surface area contributed by atoms with Gasteiger partial charge in [0.1, 0.15) is 0 Å². The van der Waals surface area contributed by atoms with Crippen LogP contribution >= 0.6 is 11.6 Å². The van der Waals surface area contributed by atoms with E-state index in [0.29, 0.717) is 18.1 Å². The predicted molar refractivity (Wildman–Crippen MR) is 100 cm³/mol. The number of amides is 2. The van der Waals surface area contributed by atoms with Crippen LogP contribution < -0.4 is 5.32 Å². The van der Waals surface area contributed by atoms with Crippen molar-refractivity contribution < 1.29 is 13.2 Å². The molecular weight excluding hydrogens is 360 g/mol. The molecule has 0 saturated heterocycles. The molecule has 2 rings (SSSR count). The molecule has 0 heterocycles. The van der Waals surface area contributed by atoms with Crippen LogP contribution in [0.3, 0.4) is 0 Å². The van der Waals surface area contributed by atoms with Gasteiger partial charge >= 0.3 is 6.03 Å². The van der Waals surface area contributed by atoms with Gasteiger partial charge in [-0.25, -0.2) is 13.2 Å². The maximum Gasteiger partial charge on any atom is 0.317 e. The lowest BCUT2D eigenvalue weighted by Crippen LogP contribution is -2.36. The van der Waals surface area contributed by atoms with Crippen molar-refractivity contribution in [3.63, 3.8) is 0 Å². The summed E-state index contributed by atoms with van der Waals surface area (Å²) in [5.41, 5.74) is 2.59. The number of nitrogens with zero attached hydrogens (tertiary/aromatic N) is 1. The van der Waals surface area contributed by atoms with Crippen LogP contribution in [-0.4, -0.2) is 32.7 Å². The molecule has 5 nitrogen and oxygen atoms in total. The van der Waals surface area contributed by atoms with Gasteiger partial charge in [-0.2, -0.15) is 0 Å². The summed E-state index contributed by atoms with van der Waals surface area (Å²) in [5.74, 6) is 0.0159. The molecule has 0 saturated carbocycles. The van der Waals surface area contributed by atoms with Gasteiger partial charge in [-0.05, 0) is 28.8 Å². The van der Waals surface area contributed by atoms with Gasteiger partial charge < -0.3 is 10.2 Å². The van der Waals surface area contributed by atoms with Crippen molar-refractivity contribution in [1.29, 1.82) is 0 Å². The minimum Gasteiger partial charge on any atom is -0.334 e. The highest BCUT2D eigenvalue weighted by atomic mass is 35.5. The van der Waals surface area contributed by atoms with Crippen molar-refractivity contribution in [1.82, 2.24) is 10.2 Å². The normalized spacial score (nSPS) is 11.2. The second kappa shape index (κ2) is 8.36. The summed E-state index contributed by atoms with van der Waals surface area (Å²) in [7, 11) is -1.33. The average Bonchev–Trinajstić information content (AvgIpc) is 2.52. The summed E-state index contributed by atoms with van der Waals surface area (Å²) in [6.07, 6.45) is 1.21. The summed E-state index contributed by atoms with van der Waals surface area (Å²) in [6, 6.07) is 14.3. The van der Waals surface area contributed by atoms with Gasteiger partial charge in [0.05, 0.1) is 5.75 Å². The highest BCUT2D eigenvalue weighted by Gasteiger charge is 2.09. The molecule has 0 aliphatic carbocycles. The average molecular weight is 381 g/mol. The Kier molecular flexibility index (Phi) is 6.45. The number of benzene rings is 2. The van der Waals surface area contributed by atoms with Crippen LogP contribution in [0.5, 0.6) is 0 Å². The molecule has 2 aromatic carbocycles. The van der Waals surface area contributed by atoms with E-state index in [2.05, 4.69) is 5.32 Å². The quantitative estimate of drug-likeness (QED) is 0.836. The van der Waals surface area contributed by atoms with Crippen molar-refractivity contribution in [3.8, 4) is 0 Å². The lowest BCUT2D eigenvalue weighted by atomic mass is 10.1. The summed E-state index contributed by atoms with van der Waals surface area (Å²) in [5, 5.41) is 3.48. The summed E-state index contributed by atoms with van der Waals surface area (Å²) >= 11 is 5.95. The van der Waals surface area contributed by atoms with E-state index in [9.17, 15) is 13.2 Å². The fourth-order valence-corrected chi connectivity index (χ4v) is 3.36. The minimum absolute atomic E-state index is 0.0159. The first-order chi connectivity index (χ1) is 11.7. The first-order valence-corrected chi connectivity index (χ1v) is 10.2. The van der Waals surface area contributed by atoms with Gasteiger partial charge in [0.25, 0.3) is 0 Å². The zero-order valence-corrected chi connectivity index (χ0v) is 15.8. The molecule has 1 N–H and O–H groups in total. The number of urea groups is 1.